The molecule has 6 heteroatoms. The van der Waals surface area contributed by atoms with Gasteiger partial charge >= 0.3 is 5.97 Å². The Morgan fingerprint density at radius 3 is 2.54 bits per heavy atom. The average Bonchev–Trinajstić information content (AvgIpc) is 3.16. The van der Waals surface area contributed by atoms with Crippen molar-refractivity contribution >= 4 is 40.1 Å². The van der Waals surface area contributed by atoms with Crippen LogP contribution in [0.1, 0.15) is 22.8 Å². The second-order valence-electron chi connectivity index (χ2n) is 6.35. The molecule has 1 N–H and O–H groups in total. The van der Waals surface area contributed by atoms with Crippen molar-refractivity contribution < 1.29 is 14.3 Å². The molecular weight excluding hydrogens is 397 g/mol. The third-order valence-electron chi connectivity index (χ3n) is 4.57. The molecule has 2 aromatic carbocycles. The fourth-order valence-corrected chi connectivity index (χ4v) is 3.61. The van der Waals surface area contributed by atoms with Crippen molar-refractivity contribution in [3.05, 3.63) is 75.8 Å². The molecule has 2 aromatic heterocycles. The highest BCUT2D eigenvalue weighted by molar-refractivity contribution is 6.36. The van der Waals surface area contributed by atoms with Gasteiger partial charge in [0.2, 0.25) is 0 Å². The summed E-state index contributed by atoms with van der Waals surface area (Å²) in [5.41, 5.74) is 3.00. The molecule has 2 heterocycles. The van der Waals surface area contributed by atoms with E-state index in [9.17, 15) is 9.90 Å². The molecule has 0 atom stereocenters. The molecule has 140 valence electrons. The van der Waals surface area contributed by atoms with Crippen LogP contribution in [-0.4, -0.2) is 16.1 Å². The zero-order valence-electron chi connectivity index (χ0n) is 14.9. The smallest absolute Gasteiger partial charge is 0.336 e. The Kier molecular flexibility index (Phi) is 4.84. The lowest BCUT2D eigenvalue weighted by Crippen LogP contribution is -2.00. The van der Waals surface area contributed by atoms with E-state index in [1.807, 2.05) is 25.1 Å². The predicted molar refractivity (Wildman–Crippen MR) is 111 cm³/mol. The van der Waals surface area contributed by atoms with Crippen LogP contribution >= 0.6 is 23.2 Å². The van der Waals surface area contributed by atoms with Crippen molar-refractivity contribution in [2.75, 3.05) is 0 Å². The van der Waals surface area contributed by atoms with E-state index in [0.717, 1.165) is 12.0 Å². The molecule has 0 bridgehead atoms. The largest absolute Gasteiger partial charge is 0.478 e. The van der Waals surface area contributed by atoms with Crippen molar-refractivity contribution in [2.24, 2.45) is 0 Å². The van der Waals surface area contributed by atoms with Gasteiger partial charge in [-0.1, -0.05) is 36.2 Å². The number of fused-ring (bicyclic) bond motifs is 1. The maximum Gasteiger partial charge on any atom is 0.336 e. The number of carbonyl (C=O) groups is 1. The van der Waals surface area contributed by atoms with Crippen LogP contribution in [0.2, 0.25) is 10.0 Å². The number of aromatic carboxylic acids is 1. The van der Waals surface area contributed by atoms with Crippen LogP contribution in [-0.2, 0) is 6.42 Å². The van der Waals surface area contributed by atoms with Crippen LogP contribution in [0.4, 0.5) is 0 Å². The molecule has 4 aromatic rings. The molecular formula is C22H15Cl2NO3. The van der Waals surface area contributed by atoms with Crippen LogP contribution in [0.25, 0.3) is 33.7 Å². The molecule has 4 rings (SSSR count). The molecule has 0 saturated heterocycles. The Morgan fingerprint density at radius 1 is 1.04 bits per heavy atom. The van der Waals surface area contributed by atoms with Crippen molar-refractivity contribution in [1.82, 2.24) is 4.98 Å². The van der Waals surface area contributed by atoms with Crippen LogP contribution in [0, 0.1) is 0 Å². The zero-order valence-corrected chi connectivity index (χ0v) is 16.4. The van der Waals surface area contributed by atoms with Gasteiger partial charge in [-0.25, -0.2) is 9.78 Å². The minimum Gasteiger partial charge on any atom is -0.478 e. The first-order valence-corrected chi connectivity index (χ1v) is 9.44. The molecule has 0 unspecified atom stereocenters. The molecule has 0 aliphatic carbocycles. The van der Waals surface area contributed by atoms with E-state index in [1.165, 1.54) is 6.07 Å². The average molecular weight is 412 g/mol. The Balaban J connectivity index is 1.83. The highest BCUT2D eigenvalue weighted by Crippen LogP contribution is 2.34. The number of aryl methyl sites for hydroxylation is 1. The number of aromatic nitrogens is 1. The first-order valence-electron chi connectivity index (χ1n) is 8.69. The monoisotopic (exact) mass is 411 g/mol. The summed E-state index contributed by atoms with van der Waals surface area (Å²) in [5.74, 6) is 0.0104. The Labute approximate surface area is 171 Å². The third-order valence-corrected chi connectivity index (χ3v) is 5.11. The SMILES string of the molecule is CCc1ccc2nc(-c3ccc(-c4ccc(Cl)cc4Cl)o3)cc(C(=O)O)c2c1. The second kappa shape index (κ2) is 7.30. The van der Waals surface area contributed by atoms with E-state index in [-0.39, 0.29) is 5.56 Å². The van der Waals surface area contributed by atoms with E-state index in [2.05, 4.69) is 4.98 Å². The van der Waals surface area contributed by atoms with Gasteiger partial charge in [0, 0.05) is 16.0 Å². The zero-order chi connectivity index (χ0) is 19.8. The van der Waals surface area contributed by atoms with Crippen LogP contribution in [0.3, 0.4) is 0 Å². The number of carboxylic acid groups (broad SMARTS) is 1. The summed E-state index contributed by atoms with van der Waals surface area (Å²) >= 11 is 12.2. The summed E-state index contributed by atoms with van der Waals surface area (Å²) in [7, 11) is 0. The molecule has 0 amide bonds. The highest BCUT2D eigenvalue weighted by atomic mass is 35.5. The Morgan fingerprint density at radius 2 is 1.82 bits per heavy atom. The Hall–Kier alpha value is -2.82. The topological polar surface area (TPSA) is 63.3 Å². The summed E-state index contributed by atoms with van der Waals surface area (Å²) in [6.45, 7) is 2.02. The lowest BCUT2D eigenvalue weighted by Gasteiger charge is -2.07. The fourth-order valence-electron chi connectivity index (χ4n) is 3.11. The maximum atomic E-state index is 11.8. The van der Waals surface area contributed by atoms with E-state index in [4.69, 9.17) is 27.6 Å². The van der Waals surface area contributed by atoms with Crippen LogP contribution < -0.4 is 0 Å². The summed E-state index contributed by atoms with van der Waals surface area (Å²) in [5, 5.41) is 11.3. The third kappa shape index (κ3) is 3.37. The van der Waals surface area contributed by atoms with Gasteiger partial charge in [0.05, 0.1) is 16.1 Å². The second-order valence-corrected chi connectivity index (χ2v) is 7.20. The quantitative estimate of drug-likeness (QED) is 0.404. The van der Waals surface area contributed by atoms with Crippen LogP contribution in [0.5, 0.6) is 0 Å². The molecule has 0 spiro atoms. The first-order chi connectivity index (χ1) is 13.5. The fraction of sp³-hybridized carbons (Fsp3) is 0.0909. The normalized spacial score (nSPS) is 11.1. The number of furan rings is 1. The molecule has 4 nitrogen and oxygen atoms in total. The highest BCUT2D eigenvalue weighted by Gasteiger charge is 2.16. The minimum atomic E-state index is -1.01. The predicted octanol–water partition coefficient (Wildman–Crippen LogP) is 6.73. The summed E-state index contributed by atoms with van der Waals surface area (Å²) in [4.78, 5) is 16.4. The maximum absolute atomic E-state index is 11.8. The summed E-state index contributed by atoms with van der Waals surface area (Å²) in [6, 6.07) is 15.9. The van der Waals surface area contributed by atoms with Gasteiger partial charge in [0.25, 0.3) is 0 Å². The number of hydrogen-bond donors (Lipinski definition) is 1. The van der Waals surface area contributed by atoms with Crippen molar-refractivity contribution in [1.29, 1.82) is 0 Å². The van der Waals surface area contributed by atoms with Gasteiger partial charge in [-0.15, -0.1) is 0 Å². The lowest BCUT2D eigenvalue weighted by atomic mass is 10.0. The lowest BCUT2D eigenvalue weighted by molar-refractivity contribution is 0.0699. The van der Waals surface area contributed by atoms with E-state index < -0.39 is 5.97 Å². The number of halogens is 2. The first kappa shape index (κ1) is 18.5. The molecule has 28 heavy (non-hydrogen) atoms. The number of hydrogen-bond acceptors (Lipinski definition) is 3. The molecule has 0 aliphatic heterocycles. The van der Waals surface area contributed by atoms with Gasteiger partial charge in [0.15, 0.2) is 5.76 Å². The number of rotatable bonds is 4. The van der Waals surface area contributed by atoms with Crippen molar-refractivity contribution in [2.45, 2.75) is 13.3 Å². The number of carboxylic acids is 1. The minimum absolute atomic E-state index is 0.192. The van der Waals surface area contributed by atoms with E-state index >= 15 is 0 Å². The molecule has 0 aliphatic rings. The van der Waals surface area contributed by atoms with E-state index in [1.54, 1.807) is 30.3 Å². The molecule has 0 fully saturated rings. The number of benzene rings is 2. The van der Waals surface area contributed by atoms with Crippen molar-refractivity contribution in [3.8, 4) is 22.8 Å². The van der Waals surface area contributed by atoms with Crippen LogP contribution in [0.15, 0.2) is 59.0 Å². The van der Waals surface area contributed by atoms with Gasteiger partial charge in [-0.05, 0) is 60.5 Å². The summed E-state index contributed by atoms with van der Waals surface area (Å²) < 4.78 is 5.92. The van der Waals surface area contributed by atoms with Crippen molar-refractivity contribution in [3.63, 3.8) is 0 Å². The van der Waals surface area contributed by atoms with Gasteiger partial charge < -0.3 is 9.52 Å². The summed E-state index contributed by atoms with van der Waals surface area (Å²) in [6.07, 6.45) is 0.820. The van der Waals surface area contributed by atoms with Gasteiger partial charge in [0.1, 0.15) is 11.5 Å². The number of nitrogens with zero attached hydrogens (tertiary/aromatic N) is 1. The number of pyridine rings is 1. The van der Waals surface area contributed by atoms with Gasteiger partial charge in [-0.3, -0.25) is 0 Å². The molecule has 0 radical (unpaired) electrons. The van der Waals surface area contributed by atoms with Gasteiger partial charge in [-0.2, -0.15) is 0 Å². The van der Waals surface area contributed by atoms with E-state index in [0.29, 0.717) is 43.7 Å². The standard InChI is InChI=1S/C22H15Cl2NO3/c1-2-12-3-6-18-15(9-12)16(22(26)27)11-19(25-18)21-8-7-20(28-21)14-5-4-13(23)10-17(14)24/h3-11H,2H2,1H3,(H,26,27). The molecule has 0 saturated carbocycles. The Bertz CT molecular complexity index is 1210.